The van der Waals surface area contributed by atoms with E-state index in [4.69, 9.17) is 0 Å². The van der Waals surface area contributed by atoms with Gasteiger partial charge in [0, 0.05) is 63.8 Å². The highest BCUT2D eigenvalue weighted by atomic mass is 16.2. The number of rotatable bonds is 4. The minimum Gasteiger partial charge on any atom is -0.322 e. The third kappa shape index (κ3) is 3.75. The third-order valence-corrected chi connectivity index (χ3v) is 6.95. The van der Waals surface area contributed by atoms with Gasteiger partial charge < -0.3 is 10.2 Å². The molecule has 1 aromatic carbocycles. The van der Waals surface area contributed by atoms with Crippen molar-refractivity contribution in [1.29, 1.82) is 0 Å². The van der Waals surface area contributed by atoms with Gasteiger partial charge in [0.2, 0.25) is 11.8 Å². The standard InChI is InChI=1S/C22H29N5O3/c28-20-4-3-19(21(29)24-20)27-14-16-11-15(1-2-18(16)22(27)30)13-25-7-9-26(10-8-25)17-5-6-23-12-17/h1-2,11,17,19,23H,3-10,12-14H2,(H,24,28,29). The molecule has 0 aliphatic carbocycles. The molecule has 4 aliphatic rings. The Morgan fingerprint density at radius 1 is 1.03 bits per heavy atom. The SMILES string of the molecule is O=C1CCC(N2Cc3cc(CN4CCN(C5CCNC5)CC4)ccc3C2=O)C(=O)N1. The van der Waals surface area contributed by atoms with Crippen molar-refractivity contribution in [2.45, 2.75) is 44.4 Å². The normalized spacial score (nSPS) is 28.1. The summed E-state index contributed by atoms with van der Waals surface area (Å²) in [7, 11) is 0. The summed E-state index contributed by atoms with van der Waals surface area (Å²) in [6, 6.07) is 6.20. The first-order chi connectivity index (χ1) is 14.6. The maximum Gasteiger partial charge on any atom is 0.255 e. The van der Waals surface area contributed by atoms with E-state index in [0.29, 0.717) is 24.6 Å². The number of hydrogen-bond acceptors (Lipinski definition) is 6. The fraction of sp³-hybridized carbons (Fsp3) is 0.591. The van der Waals surface area contributed by atoms with Gasteiger partial charge in [0.25, 0.3) is 5.91 Å². The molecule has 8 heteroatoms. The van der Waals surface area contributed by atoms with Crippen molar-refractivity contribution in [3.63, 3.8) is 0 Å². The summed E-state index contributed by atoms with van der Waals surface area (Å²) in [5.41, 5.74) is 2.88. The molecule has 0 aromatic heterocycles. The molecule has 4 heterocycles. The number of amides is 3. The van der Waals surface area contributed by atoms with Crippen molar-refractivity contribution in [1.82, 2.24) is 25.3 Å². The van der Waals surface area contributed by atoms with Crippen LogP contribution in [0.1, 0.15) is 40.7 Å². The Morgan fingerprint density at radius 2 is 1.87 bits per heavy atom. The van der Waals surface area contributed by atoms with Crippen LogP contribution in [-0.4, -0.2) is 83.8 Å². The maximum atomic E-state index is 12.8. The predicted octanol–water partition coefficient (Wildman–Crippen LogP) is -0.0729. The Morgan fingerprint density at radius 3 is 2.60 bits per heavy atom. The molecule has 0 saturated carbocycles. The number of piperidine rings is 1. The van der Waals surface area contributed by atoms with Gasteiger partial charge in [0.1, 0.15) is 6.04 Å². The summed E-state index contributed by atoms with van der Waals surface area (Å²) in [6.45, 7) is 7.92. The van der Waals surface area contributed by atoms with Crippen LogP contribution in [0.4, 0.5) is 0 Å². The lowest BCUT2D eigenvalue weighted by Crippen LogP contribution is -2.52. The number of nitrogens with zero attached hydrogens (tertiary/aromatic N) is 3. The van der Waals surface area contributed by atoms with E-state index in [9.17, 15) is 14.4 Å². The van der Waals surface area contributed by atoms with E-state index in [-0.39, 0.29) is 24.1 Å². The van der Waals surface area contributed by atoms with Crippen LogP contribution in [0.2, 0.25) is 0 Å². The molecule has 160 valence electrons. The monoisotopic (exact) mass is 411 g/mol. The van der Waals surface area contributed by atoms with Gasteiger partial charge in [-0.15, -0.1) is 0 Å². The van der Waals surface area contributed by atoms with Crippen molar-refractivity contribution in [2.24, 2.45) is 0 Å². The second kappa shape index (κ2) is 8.09. The van der Waals surface area contributed by atoms with E-state index in [1.54, 1.807) is 4.90 Å². The molecule has 30 heavy (non-hydrogen) atoms. The van der Waals surface area contributed by atoms with Crippen LogP contribution in [0.15, 0.2) is 18.2 Å². The average Bonchev–Trinajstić information content (AvgIpc) is 3.37. The predicted molar refractivity (Wildman–Crippen MR) is 111 cm³/mol. The van der Waals surface area contributed by atoms with Gasteiger partial charge in [0.15, 0.2) is 0 Å². The van der Waals surface area contributed by atoms with Crippen molar-refractivity contribution in [2.75, 3.05) is 39.3 Å². The summed E-state index contributed by atoms with van der Waals surface area (Å²) in [5, 5.41) is 5.81. The van der Waals surface area contributed by atoms with Gasteiger partial charge in [0.05, 0.1) is 0 Å². The van der Waals surface area contributed by atoms with Gasteiger partial charge >= 0.3 is 0 Å². The molecular formula is C22H29N5O3. The molecule has 0 spiro atoms. The number of carbonyl (C=O) groups excluding carboxylic acids is 3. The summed E-state index contributed by atoms with van der Waals surface area (Å²) in [4.78, 5) is 43.1. The topological polar surface area (TPSA) is 85.0 Å². The van der Waals surface area contributed by atoms with Crippen LogP contribution in [0, 0.1) is 0 Å². The zero-order chi connectivity index (χ0) is 20.7. The lowest BCUT2D eigenvalue weighted by Gasteiger charge is -2.37. The Balaban J connectivity index is 1.21. The molecule has 5 rings (SSSR count). The van der Waals surface area contributed by atoms with E-state index in [1.165, 1.54) is 12.0 Å². The van der Waals surface area contributed by atoms with Crippen LogP contribution < -0.4 is 10.6 Å². The van der Waals surface area contributed by atoms with E-state index < -0.39 is 6.04 Å². The number of fused-ring (bicyclic) bond motifs is 1. The van der Waals surface area contributed by atoms with Crippen LogP contribution in [0.3, 0.4) is 0 Å². The zero-order valence-corrected chi connectivity index (χ0v) is 17.2. The highest BCUT2D eigenvalue weighted by molar-refractivity contribution is 6.05. The smallest absolute Gasteiger partial charge is 0.255 e. The highest BCUT2D eigenvalue weighted by Crippen LogP contribution is 2.28. The number of hydrogen-bond donors (Lipinski definition) is 2. The summed E-state index contributed by atoms with van der Waals surface area (Å²) < 4.78 is 0. The largest absolute Gasteiger partial charge is 0.322 e. The number of nitrogens with one attached hydrogen (secondary N) is 2. The molecule has 0 radical (unpaired) electrons. The second-order valence-electron chi connectivity index (χ2n) is 8.85. The molecule has 4 aliphatic heterocycles. The van der Waals surface area contributed by atoms with Gasteiger partial charge in [-0.3, -0.25) is 29.5 Å². The Kier molecular flexibility index (Phi) is 5.30. The number of imide groups is 1. The molecular weight excluding hydrogens is 382 g/mol. The fourth-order valence-corrected chi connectivity index (χ4v) is 5.22. The van der Waals surface area contributed by atoms with Gasteiger partial charge in [-0.25, -0.2) is 0 Å². The lowest BCUT2D eigenvalue weighted by molar-refractivity contribution is -0.136. The van der Waals surface area contributed by atoms with Crippen molar-refractivity contribution in [3.8, 4) is 0 Å². The van der Waals surface area contributed by atoms with Crippen LogP contribution in [0.25, 0.3) is 0 Å². The first-order valence-electron chi connectivity index (χ1n) is 11.0. The molecule has 2 unspecified atom stereocenters. The minimum absolute atomic E-state index is 0.107. The molecule has 1 aromatic rings. The van der Waals surface area contributed by atoms with Crippen molar-refractivity contribution >= 4 is 17.7 Å². The number of benzene rings is 1. The van der Waals surface area contributed by atoms with Crippen molar-refractivity contribution < 1.29 is 14.4 Å². The first-order valence-corrected chi connectivity index (χ1v) is 11.0. The van der Waals surface area contributed by atoms with E-state index in [0.717, 1.165) is 51.4 Å². The number of carbonyl (C=O) groups is 3. The molecule has 3 fully saturated rings. The maximum absolute atomic E-state index is 12.8. The first kappa shape index (κ1) is 19.7. The van der Waals surface area contributed by atoms with E-state index in [1.807, 2.05) is 12.1 Å². The Bertz CT molecular complexity index is 858. The second-order valence-corrected chi connectivity index (χ2v) is 8.85. The summed E-state index contributed by atoms with van der Waals surface area (Å²) in [5.74, 6) is -0.722. The Labute approximate surface area is 176 Å². The molecule has 3 amide bonds. The summed E-state index contributed by atoms with van der Waals surface area (Å²) in [6.07, 6.45) is 1.94. The molecule has 3 saturated heterocycles. The van der Waals surface area contributed by atoms with Crippen LogP contribution in [-0.2, 0) is 22.7 Å². The average molecular weight is 412 g/mol. The summed E-state index contributed by atoms with van der Waals surface area (Å²) >= 11 is 0. The Hall–Kier alpha value is -2.29. The zero-order valence-electron chi connectivity index (χ0n) is 17.2. The van der Waals surface area contributed by atoms with Gasteiger partial charge in [-0.05, 0) is 36.6 Å². The molecule has 8 nitrogen and oxygen atoms in total. The van der Waals surface area contributed by atoms with Gasteiger partial charge in [-0.2, -0.15) is 0 Å². The van der Waals surface area contributed by atoms with Crippen LogP contribution in [0.5, 0.6) is 0 Å². The van der Waals surface area contributed by atoms with E-state index in [2.05, 4.69) is 26.5 Å². The highest BCUT2D eigenvalue weighted by Gasteiger charge is 2.39. The quantitative estimate of drug-likeness (QED) is 0.675. The number of piperazine rings is 1. The lowest BCUT2D eigenvalue weighted by atomic mass is 10.0. The van der Waals surface area contributed by atoms with Gasteiger partial charge in [-0.1, -0.05) is 12.1 Å². The fourth-order valence-electron chi connectivity index (χ4n) is 5.22. The minimum atomic E-state index is -0.552. The van der Waals surface area contributed by atoms with Crippen molar-refractivity contribution in [3.05, 3.63) is 34.9 Å². The van der Waals surface area contributed by atoms with Crippen LogP contribution >= 0.6 is 0 Å². The molecule has 2 N–H and O–H groups in total. The third-order valence-electron chi connectivity index (χ3n) is 6.95. The molecule has 2 atom stereocenters. The van der Waals surface area contributed by atoms with E-state index >= 15 is 0 Å². The molecule has 0 bridgehead atoms.